The molecule has 5 heteroatoms. The lowest BCUT2D eigenvalue weighted by Gasteiger charge is -2.52. The average molecular weight is 351 g/mol. The topological polar surface area (TPSA) is 79.5 Å². The number of aromatic nitrogens is 1. The van der Waals surface area contributed by atoms with E-state index in [-0.39, 0.29) is 17.9 Å². The van der Waals surface area contributed by atoms with Crippen molar-refractivity contribution in [2.45, 2.75) is 43.7 Å². The number of nitrogen functional groups attached to an aromatic ring is 1. The van der Waals surface area contributed by atoms with Crippen LogP contribution in [0.15, 0.2) is 48.7 Å². The van der Waals surface area contributed by atoms with Gasteiger partial charge in [-0.3, -0.25) is 4.79 Å². The predicted molar refractivity (Wildman–Crippen MR) is 100 cm³/mol. The Morgan fingerprint density at radius 1 is 1.15 bits per heavy atom. The highest BCUT2D eigenvalue weighted by molar-refractivity contribution is 5.94. The quantitative estimate of drug-likeness (QED) is 0.872. The predicted octanol–water partition coefficient (Wildman–Crippen LogP) is 2.96. The monoisotopic (exact) mass is 351 g/mol. The van der Waals surface area contributed by atoms with Crippen LogP contribution < -0.4 is 5.73 Å². The molecule has 2 fully saturated rings. The van der Waals surface area contributed by atoms with Crippen molar-refractivity contribution in [1.82, 2.24) is 9.88 Å². The van der Waals surface area contributed by atoms with Crippen molar-refractivity contribution >= 4 is 11.7 Å². The van der Waals surface area contributed by atoms with E-state index in [4.69, 9.17) is 5.73 Å². The number of likely N-dealkylation sites (tertiary alicyclic amines) is 1. The van der Waals surface area contributed by atoms with Gasteiger partial charge in [-0.1, -0.05) is 43.2 Å². The summed E-state index contributed by atoms with van der Waals surface area (Å²) in [5, 5.41) is 11.6. The summed E-state index contributed by atoms with van der Waals surface area (Å²) in [6, 6.07) is 13.4. The summed E-state index contributed by atoms with van der Waals surface area (Å²) in [5.41, 5.74) is 6.32. The normalized spacial score (nSPS) is 28.4. The molecule has 1 aliphatic carbocycles. The van der Waals surface area contributed by atoms with Gasteiger partial charge in [0, 0.05) is 24.7 Å². The van der Waals surface area contributed by atoms with Gasteiger partial charge in [0.2, 0.25) is 0 Å². The maximum Gasteiger partial charge on any atom is 0.255 e. The molecule has 1 aliphatic heterocycles. The van der Waals surface area contributed by atoms with E-state index in [9.17, 15) is 9.90 Å². The first-order chi connectivity index (χ1) is 12.6. The Kier molecular flexibility index (Phi) is 4.41. The number of anilines is 1. The summed E-state index contributed by atoms with van der Waals surface area (Å²) in [7, 11) is 0. The summed E-state index contributed by atoms with van der Waals surface area (Å²) in [6.07, 6.45) is 6.19. The number of fused-ring (bicyclic) bond motifs is 1. The maximum atomic E-state index is 13.1. The summed E-state index contributed by atoms with van der Waals surface area (Å²) < 4.78 is 0. The van der Waals surface area contributed by atoms with Crippen LogP contribution in [0.1, 0.15) is 48.0 Å². The molecule has 1 saturated carbocycles. The minimum atomic E-state index is -0.859. The molecule has 5 nitrogen and oxygen atoms in total. The first-order valence-electron chi connectivity index (χ1n) is 9.40. The Labute approximate surface area is 153 Å². The van der Waals surface area contributed by atoms with Gasteiger partial charge in [-0.05, 0) is 37.0 Å². The van der Waals surface area contributed by atoms with Gasteiger partial charge in [-0.15, -0.1) is 0 Å². The van der Waals surface area contributed by atoms with Gasteiger partial charge in [0.05, 0.1) is 11.2 Å². The molecule has 3 unspecified atom stereocenters. The minimum absolute atomic E-state index is 0.00971. The lowest BCUT2D eigenvalue weighted by molar-refractivity contribution is -0.110. The second kappa shape index (κ2) is 6.72. The third-order valence-corrected chi connectivity index (χ3v) is 6.04. The first-order valence-corrected chi connectivity index (χ1v) is 9.40. The van der Waals surface area contributed by atoms with Crippen molar-refractivity contribution in [2.75, 3.05) is 12.3 Å². The minimum Gasteiger partial charge on any atom is -0.385 e. The van der Waals surface area contributed by atoms with Gasteiger partial charge in [0.1, 0.15) is 5.82 Å². The highest BCUT2D eigenvalue weighted by Gasteiger charge is 2.50. The molecule has 26 heavy (non-hydrogen) atoms. The third kappa shape index (κ3) is 2.86. The highest BCUT2D eigenvalue weighted by Crippen LogP contribution is 2.47. The number of nitrogens with two attached hydrogens (primary N) is 1. The first kappa shape index (κ1) is 17.0. The second-order valence-electron chi connectivity index (χ2n) is 7.47. The van der Waals surface area contributed by atoms with Crippen molar-refractivity contribution in [3.63, 3.8) is 0 Å². The smallest absolute Gasteiger partial charge is 0.255 e. The number of benzene rings is 1. The summed E-state index contributed by atoms with van der Waals surface area (Å²) in [6.45, 7) is 0.551. The lowest BCUT2D eigenvalue weighted by Crippen LogP contribution is -2.59. The van der Waals surface area contributed by atoms with E-state index in [0.29, 0.717) is 24.3 Å². The van der Waals surface area contributed by atoms with E-state index < -0.39 is 5.60 Å². The zero-order valence-corrected chi connectivity index (χ0v) is 14.8. The van der Waals surface area contributed by atoms with Gasteiger partial charge < -0.3 is 15.7 Å². The molecule has 2 heterocycles. The van der Waals surface area contributed by atoms with Gasteiger partial charge >= 0.3 is 0 Å². The van der Waals surface area contributed by atoms with Gasteiger partial charge in [0.25, 0.3) is 5.91 Å². The number of hydrogen-bond donors (Lipinski definition) is 2. The molecule has 3 N–H and O–H groups in total. The molecule has 0 radical (unpaired) electrons. The van der Waals surface area contributed by atoms with Gasteiger partial charge in [-0.2, -0.15) is 0 Å². The number of nitrogens with zero attached hydrogens (tertiary/aromatic N) is 2. The van der Waals surface area contributed by atoms with Gasteiger partial charge in [0.15, 0.2) is 0 Å². The Morgan fingerprint density at radius 3 is 2.65 bits per heavy atom. The SMILES string of the molecule is Nc1ccc(C(=O)N2CCC(O)(c3ccccc3)C3CCCCC32)cn1. The van der Waals surface area contributed by atoms with Gasteiger partial charge in [-0.25, -0.2) is 4.98 Å². The van der Waals surface area contributed by atoms with Crippen molar-refractivity contribution in [3.8, 4) is 0 Å². The zero-order valence-electron chi connectivity index (χ0n) is 14.8. The molecule has 0 bridgehead atoms. The van der Waals surface area contributed by atoms with E-state index in [0.717, 1.165) is 31.2 Å². The fourth-order valence-electron chi connectivity index (χ4n) is 4.72. The largest absolute Gasteiger partial charge is 0.385 e. The Bertz CT molecular complexity index is 778. The number of carbonyl (C=O) groups excluding carboxylic acids is 1. The zero-order chi connectivity index (χ0) is 18.1. The third-order valence-electron chi connectivity index (χ3n) is 6.04. The Morgan fingerprint density at radius 2 is 1.92 bits per heavy atom. The Balaban J connectivity index is 1.64. The molecular formula is C21H25N3O2. The van der Waals surface area contributed by atoms with Crippen molar-refractivity contribution in [1.29, 1.82) is 0 Å². The molecule has 4 rings (SSSR count). The van der Waals surface area contributed by atoms with Crippen molar-refractivity contribution in [3.05, 3.63) is 59.8 Å². The van der Waals surface area contributed by atoms with E-state index in [1.54, 1.807) is 18.3 Å². The van der Waals surface area contributed by atoms with Crippen molar-refractivity contribution < 1.29 is 9.90 Å². The average Bonchev–Trinajstić information content (AvgIpc) is 2.69. The molecule has 0 spiro atoms. The number of aliphatic hydroxyl groups is 1. The van der Waals surface area contributed by atoms with E-state index in [1.807, 2.05) is 35.2 Å². The molecule has 1 amide bonds. The molecule has 1 aromatic carbocycles. The molecule has 3 atom stereocenters. The highest BCUT2D eigenvalue weighted by atomic mass is 16.3. The van der Waals surface area contributed by atoms with E-state index in [2.05, 4.69) is 4.98 Å². The van der Waals surface area contributed by atoms with Crippen molar-refractivity contribution in [2.24, 2.45) is 5.92 Å². The molecule has 2 aliphatic rings. The fraction of sp³-hybridized carbons (Fsp3) is 0.429. The van der Waals surface area contributed by atoms with Crippen LogP contribution in [0.4, 0.5) is 5.82 Å². The number of hydrogen-bond acceptors (Lipinski definition) is 4. The maximum absolute atomic E-state index is 13.1. The Hall–Kier alpha value is -2.40. The summed E-state index contributed by atoms with van der Waals surface area (Å²) in [5.74, 6) is 0.469. The summed E-state index contributed by atoms with van der Waals surface area (Å²) in [4.78, 5) is 19.1. The molecule has 1 aromatic heterocycles. The summed E-state index contributed by atoms with van der Waals surface area (Å²) >= 11 is 0. The molecule has 2 aromatic rings. The van der Waals surface area contributed by atoms with Crippen LogP contribution in [-0.2, 0) is 5.60 Å². The van der Waals surface area contributed by atoms with E-state index >= 15 is 0 Å². The molecule has 136 valence electrons. The van der Waals surface area contributed by atoms with Crippen LogP contribution in [0, 0.1) is 5.92 Å². The van der Waals surface area contributed by atoms with Crippen LogP contribution in [0.3, 0.4) is 0 Å². The molecule has 1 saturated heterocycles. The second-order valence-corrected chi connectivity index (χ2v) is 7.47. The fourth-order valence-corrected chi connectivity index (χ4v) is 4.72. The van der Waals surface area contributed by atoms with E-state index in [1.165, 1.54) is 0 Å². The lowest BCUT2D eigenvalue weighted by atomic mass is 9.66. The number of pyridine rings is 1. The van der Waals surface area contributed by atoms with Crippen LogP contribution in [-0.4, -0.2) is 33.5 Å². The van der Waals surface area contributed by atoms with Crippen LogP contribution in [0.25, 0.3) is 0 Å². The number of rotatable bonds is 2. The van der Waals surface area contributed by atoms with Crippen LogP contribution >= 0.6 is 0 Å². The molecular weight excluding hydrogens is 326 g/mol. The number of piperidine rings is 1. The van der Waals surface area contributed by atoms with Crippen LogP contribution in [0.2, 0.25) is 0 Å². The standard InChI is InChI=1S/C21H25N3O2/c22-19-11-10-15(14-23-19)20(25)24-13-12-21(26,16-6-2-1-3-7-16)17-8-4-5-9-18(17)24/h1-3,6-7,10-11,14,17-18,26H,4-5,8-9,12-13H2,(H2,22,23). The number of carbonyl (C=O) groups is 1. The van der Waals surface area contributed by atoms with Crippen LogP contribution in [0.5, 0.6) is 0 Å². The number of amides is 1.